The van der Waals surface area contributed by atoms with Gasteiger partial charge in [0, 0.05) is 13.1 Å². The lowest BCUT2D eigenvalue weighted by Crippen LogP contribution is -2.46. The molecule has 0 saturated carbocycles. The summed E-state index contributed by atoms with van der Waals surface area (Å²) in [5.74, 6) is -1.39. The van der Waals surface area contributed by atoms with Crippen molar-refractivity contribution < 1.29 is 27.1 Å². The molecule has 1 amide bonds. The van der Waals surface area contributed by atoms with Gasteiger partial charge in [-0.3, -0.25) is 13.9 Å². The van der Waals surface area contributed by atoms with Crippen molar-refractivity contribution in [2.24, 2.45) is 5.92 Å². The second kappa shape index (κ2) is 7.81. The molecule has 0 aromatic heterocycles. The normalized spacial score (nSPS) is 15.7. The zero-order valence-electron chi connectivity index (χ0n) is 14.1. The van der Waals surface area contributed by atoms with E-state index in [1.54, 1.807) is 0 Å². The summed E-state index contributed by atoms with van der Waals surface area (Å²) in [5, 5.41) is 0. The van der Waals surface area contributed by atoms with Crippen LogP contribution in [0.2, 0.25) is 0 Å². The lowest BCUT2D eigenvalue weighted by atomic mass is 9.97. The number of rotatable bonds is 5. The standard InChI is InChI=1S/C16H21FN2O5S/c1-24-16(21)12-7-9-18(10-8-12)15(20)11-19(25(2,22)23)14-5-3-13(17)4-6-14/h3-6,12H,7-11H2,1-2H3. The highest BCUT2D eigenvalue weighted by molar-refractivity contribution is 7.92. The smallest absolute Gasteiger partial charge is 0.308 e. The Kier molecular flexibility index (Phi) is 5.99. The van der Waals surface area contributed by atoms with E-state index in [4.69, 9.17) is 4.74 Å². The van der Waals surface area contributed by atoms with Crippen molar-refractivity contribution in [1.29, 1.82) is 0 Å². The summed E-state index contributed by atoms with van der Waals surface area (Å²) in [7, 11) is -2.38. The van der Waals surface area contributed by atoms with Crippen LogP contribution in [-0.2, 0) is 24.3 Å². The summed E-state index contributed by atoms with van der Waals surface area (Å²) in [5.41, 5.74) is 0.224. The van der Waals surface area contributed by atoms with Gasteiger partial charge in [-0.1, -0.05) is 0 Å². The lowest BCUT2D eigenvalue weighted by molar-refractivity contribution is -0.148. The van der Waals surface area contributed by atoms with Crippen LogP contribution in [0.25, 0.3) is 0 Å². The summed E-state index contributed by atoms with van der Waals surface area (Å²) < 4.78 is 42.7. The van der Waals surface area contributed by atoms with Gasteiger partial charge in [-0.2, -0.15) is 0 Å². The molecule has 1 aliphatic heterocycles. The predicted octanol–water partition coefficient (Wildman–Crippen LogP) is 1.00. The van der Waals surface area contributed by atoms with Gasteiger partial charge < -0.3 is 9.64 Å². The van der Waals surface area contributed by atoms with Crippen LogP contribution in [0.15, 0.2) is 24.3 Å². The number of carbonyl (C=O) groups excluding carboxylic acids is 2. The van der Waals surface area contributed by atoms with Crippen molar-refractivity contribution in [1.82, 2.24) is 4.90 Å². The molecule has 1 aromatic carbocycles. The molecule has 0 radical (unpaired) electrons. The van der Waals surface area contributed by atoms with Crippen molar-refractivity contribution in [3.8, 4) is 0 Å². The number of sulfonamides is 1. The predicted molar refractivity (Wildman–Crippen MR) is 89.9 cm³/mol. The molecule has 0 atom stereocenters. The Bertz CT molecular complexity index is 727. The highest BCUT2D eigenvalue weighted by Crippen LogP contribution is 2.21. The number of hydrogen-bond donors (Lipinski definition) is 0. The topological polar surface area (TPSA) is 84.0 Å². The zero-order valence-corrected chi connectivity index (χ0v) is 15.0. The molecule has 0 N–H and O–H groups in total. The van der Waals surface area contributed by atoms with Crippen molar-refractivity contribution in [3.05, 3.63) is 30.1 Å². The molecule has 9 heteroatoms. The molecule has 0 spiro atoms. The van der Waals surface area contributed by atoms with E-state index in [1.165, 1.54) is 24.1 Å². The molecule has 25 heavy (non-hydrogen) atoms. The first-order valence-electron chi connectivity index (χ1n) is 7.81. The zero-order chi connectivity index (χ0) is 18.6. The second-order valence-electron chi connectivity index (χ2n) is 5.92. The highest BCUT2D eigenvalue weighted by atomic mass is 32.2. The molecule has 2 rings (SSSR count). The first-order valence-corrected chi connectivity index (χ1v) is 9.66. The number of esters is 1. The number of anilines is 1. The van der Waals surface area contributed by atoms with E-state index in [2.05, 4.69) is 0 Å². The van der Waals surface area contributed by atoms with Gasteiger partial charge in [0.05, 0.1) is 25.0 Å². The summed E-state index contributed by atoms with van der Waals surface area (Å²) in [4.78, 5) is 25.5. The van der Waals surface area contributed by atoms with E-state index < -0.39 is 15.8 Å². The SMILES string of the molecule is COC(=O)C1CCN(C(=O)CN(c2ccc(F)cc2)S(C)(=O)=O)CC1. The van der Waals surface area contributed by atoms with Crippen LogP contribution in [0.5, 0.6) is 0 Å². The largest absolute Gasteiger partial charge is 0.469 e. The number of carbonyl (C=O) groups is 2. The van der Waals surface area contributed by atoms with E-state index in [1.807, 2.05) is 0 Å². The molecular formula is C16H21FN2O5S. The third kappa shape index (κ3) is 4.91. The molecule has 138 valence electrons. The van der Waals surface area contributed by atoms with Gasteiger partial charge in [-0.15, -0.1) is 0 Å². The van der Waals surface area contributed by atoms with E-state index in [9.17, 15) is 22.4 Å². The van der Waals surface area contributed by atoms with Gasteiger partial charge in [0.2, 0.25) is 15.9 Å². The van der Waals surface area contributed by atoms with Crippen LogP contribution < -0.4 is 4.31 Å². The molecule has 1 fully saturated rings. The third-order valence-electron chi connectivity index (χ3n) is 4.18. The molecule has 0 unspecified atom stereocenters. The Morgan fingerprint density at radius 1 is 1.24 bits per heavy atom. The first-order chi connectivity index (χ1) is 11.7. The first kappa shape index (κ1) is 19.2. The number of ether oxygens (including phenoxy) is 1. The quantitative estimate of drug-likeness (QED) is 0.720. The van der Waals surface area contributed by atoms with Crippen molar-refractivity contribution >= 4 is 27.6 Å². The summed E-state index contributed by atoms with van der Waals surface area (Å²) in [6.45, 7) is 0.354. The molecule has 1 aromatic rings. The molecule has 0 aliphatic carbocycles. The minimum atomic E-state index is -3.70. The average Bonchev–Trinajstić information content (AvgIpc) is 2.59. The van der Waals surface area contributed by atoms with E-state index >= 15 is 0 Å². The highest BCUT2D eigenvalue weighted by Gasteiger charge is 2.30. The number of hydrogen-bond acceptors (Lipinski definition) is 5. The van der Waals surface area contributed by atoms with Crippen molar-refractivity contribution in [3.63, 3.8) is 0 Å². The number of benzene rings is 1. The van der Waals surface area contributed by atoms with E-state index in [0.29, 0.717) is 25.9 Å². The van der Waals surface area contributed by atoms with Gasteiger partial charge in [0.15, 0.2) is 0 Å². The minimum Gasteiger partial charge on any atom is -0.469 e. The Labute approximate surface area is 146 Å². The fourth-order valence-corrected chi connectivity index (χ4v) is 3.61. The number of piperidine rings is 1. The average molecular weight is 372 g/mol. The number of nitrogens with zero attached hydrogens (tertiary/aromatic N) is 2. The Balaban J connectivity index is 2.06. The van der Waals surface area contributed by atoms with Crippen LogP contribution in [0.1, 0.15) is 12.8 Å². The molecule has 1 heterocycles. The maximum Gasteiger partial charge on any atom is 0.308 e. The van der Waals surface area contributed by atoms with Crippen LogP contribution >= 0.6 is 0 Å². The minimum absolute atomic E-state index is 0.224. The number of amides is 1. The van der Waals surface area contributed by atoms with Gasteiger partial charge in [0.25, 0.3) is 0 Å². The number of methoxy groups -OCH3 is 1. The number of halogens is 1. The van der Waals surface area contributed by atoms with E-state index in [-0.39, 0.29) is 30.0 Å². The summed E-state index contributed by atoms with van der Waals surface area (Å²) >= 11 is 0. The fourth-order valence-electron chi connectivity index (χ4n) is 2.76. The molecular weight excluding hydrogens is 351 g/mol. The fraction of sp³-hybridized carbons (Fsp3) is 0.500. The molecule has 0 bridgehead atoms. The van der Waals surface area contributed by atoms with Crippen LogP contribution in [-0.4, -0.2) is 58.2 Å². The van der Waals surface area contributed by atoms with Gasteiger partial charge in [-0.05, 0) is 37.1 Å². The molecule has 7 nitrogen and oxygen atoms in total. The Hall–Kier alpha value is -2.16. The summed E-state index contributed by atoms with van der Waals surface area (Å²) in [6.07, 6.45) is 1.95. The van der Waals surface area contributed by atoms with Crippen LogP contribution in [0, 0.1) is 11.7 Å². The lowest BCUT2D eigenvalue weighted by Gasteiger charge is -2.32. The molecule has 1 saturated heterocycles. The van der Waals surface area contributed by atoms with Crippen molar-refractivity contribution in [2.45, 2.75) is 12.8 Å². The maximum absolute atomic E-state index is 13.1. The van der Waals surface area contributed by atoms with Crippen LogP contribution in [0.4, 0.5) is 10.1 Å². The van der Waals surface area contributed by atoms with Gasteiger partial charge >= 0.3 is 5.97 Å². The maximum atomic E-state index is 13.1. The third-order valence-corrected chi connectivity index (χ3v) is 5.32. The second-order valence-corrected chi connectivity index (χ2v) is 7.83. The number of likely N-dealkylation sites (tertiary alicyclic amines) is 1. The van der Waals surface area contributed by atoms with Crippen molar-refractivity contribution in [2.75, 3.05) is 37.3 Å². The Morgan fingerprint density at radius 3 is 2.28 bits per heavy atom. The molecule has 1 aliphatic rings. The van der Waals surface area contributed by atoms with Gasteiger partial charge in [-0.25, -0.2) is 12.8 Å². The van der Waals surface area contributed by atoms with Gasteiger partial charge in [0.1, 0.15) is 12.4 Å². The monoisotopic (exact) mass is 372 g/mol. The van der Waals surface area contributed by atoms with E-state index in [0.717, 1.165) is 22.7 Å². The Morgan fingerprint density at radius 2 is 1.80 bits per heavy atom. The van der Waals surface area contributed by atoms with Crippen LogP contribution in [0.3, 0.4) is 0 Å². The summed E-state index contributed by atoms with van der Waals surface area (Å²) in [6, 6.07) is 4.90.